The zero-order valence-corrected chi connectivity index (χ0v) is 22.5. The molecule has 0 radical (unpaired) electrons. The van der Waals surface area contributed by atoms with Crippen molar-refractivity contribution in [3.63, 3.8) is 0 Å². The molecule has 40 heavy (non-hydrogen) atoms. The van der Waals surface area contributed by atoms with Gasteiger partial charge in [0.25, 0.3) is 0 Å². The van der Waals surface area contributed by atoms with Crippen LogP contribution in [0.1, 0.15) is 22.3 Å². The molecule has 0 spiro atoms. The van der Waals surface area contributed by atoms with E-state index in [-0.39, 0.29) is 6.61 Å². The summed E-state index contributed by atoms with van der Waals surface area (Å²) in [6.07, 6.45) is -3.81. The SMILES string of the molecule is O[C@H]1[C@H](OCc2ccccc2)[C@H](OCc2ccccc2)[C@@H](OCc2ccccc2)O[C@@H]1COCc1ccccc1. The Morgan fingerprint density at radius 1 is 0.500 bits per heavy atom. The maximum atomic E-state index is 11.5. The second-order valence-electron chi connectivity index (χ2n) is 9.85. The second kappa shape index (κ2) is 14.9. The molecule has 1 saturated heterocycles. The summed E-state index contributed by atoms with van der Waals surface area (Å²) in [5.74, 6) is 0. The third-order valence-corrected chi connectivity index (χ3v) is 6.84. The number of hydrogen-bond acceptors (Lipinski definition) is 6. The summed E-state index contributed by atoms with van der Waals surface area (Å²) in [6.45, 7) is 1.56. The monoisotopic (exact) mass is 540 g/mol. The van der Waals surface area contributed by atoms with Crippen molar-refractivity contribution in [1.29, 1.82) is 0 Å². The number of ether oxygens (including phenoxy) is 5. The summed E-state index contributed by atoms with van der Waals surface area (Å²) in [5.41, 5.74) is 4.07. The molecule has 6 nitrogen and oxygen atoms in total. The lowest BCUT2D eigenvalue weighted by Crippen LogP contribution is -2.61. The highest BCUT2D eigenvalue weighted by atomic mass is 16.7. The van der Waals surface area contributed by atoms with Crippen molar-refractivity contribution in [2.45, 2.75) is 57.1 Å². The number of aliphatic hydroxyl groups excluding tert-OH is 1. The van der Waals surface area contributed by atoms with Crippen molar-refractivity contribution in [1.82, 2.24) is 0 Å². The van der Waals surface area contributed by atoms with Crippen LogP contribution in [0.15, 0.2) is 121 Å². The first-order chi connectivity index (χ1) is 19.8. The van der Waals surface area contributed by atoms with Crippen molar-refractivity contribution in [2.24, 2.45) is 0 Å². The first-order valence-corrected chi connectivity index (χ1v) is 13.7. The second-order valence-corrected chi connectivity index (χ2v) is 9.85. The molecule has 5 atom stereocenters. The van der Waals surface area contributed by atoms with Crippen LogP contribution in [0.25, 0.3) is 0 Å². The average molecular weight is 541 g/mol. The lowest BCUT2D eigenvalue weighted by Gasteiger charge is -2.44. The van der Waals surface area contributed by atoms with Crippen LogP contribution < -0.4 is 0 Å². The van der Waals surface area contributed by atoms with E-state index in [1.807, 2.05) is 121 Å². The van der Waals surface area contributed by atoms with Gasteiger partial charge in [-0.3, -0.25) is 0 Å². The van der Waals surface area contributed by atoms with E-state index in [9.17, 15) is 5.11 Å². The maximum Gasteiger partial charge on any atom is 0.187 e. The minimum atomic E-state index is -0.989. The topological polar surface area (TPSA) is 66.4 Å². The third kappa shape index (κ3) is 8.08. The van der Waals surface area contributed by atoms with Crippen LogP contribution in [0.5, 0.6) is 0 Å². The standard InChI is InChI=1S/C34H36O6/c35-31-30(25-36-21-26-13-5-1-6-14-26)40-34(39-24-29-19-11-4-12-20-29)33(38-23-28-17-9-3-10-18-28)32(31)37-22-27-15-7-2-8-16-27/h1-20,30-35H,21-25H2/t30-,31-,32+,33+,34+/m1/s1. The molecule has 0 bridgehead atoms. The van der Waals surface area contributed by atoms with Gasteiger partial charge in [-0.2, -0.15) is 0 Å². The van der Waals surface area contributed by atoms with E-state index in [4.69, 9.17) is 23.7 Å². The largest absolute Gasteiger partial charge is 0.387 e. The Hall–Kier alpha value is -3.36. The first kappa shape index (κ1) is 28.2. The fraction of sp³-hybridized carbons (Fsp3) is 0.294. The molecular formula is C34H36O6. The van der Waals surface area contributed by atoms with Crippen LogP contribution in [-0.4, -0.2) is 42.4 Å². The summed E-state index contributed by atoms with van der Waals surface area (Å²) in [5, 5.41) is 11.5. The van der Waals surface area contributed by atoms with Gasteiger partial charge in [-0.1, -0.05) is 121 Å². The van der Waals surface area contributed by atoms with E-state index in [0.717, 1.165) is 22.3 Å². The molecule has 1 heterocycles. The predicted molar refractivity (Wildman–Crippen MR) is 152 cm³/mol. The van der Waals surface area contributed by atoms with E-state index in [1.54, 1.807) is 0 Å². The van der Waals surface area contributed by atoms with Gasteiger partial charge in [0.15, 0.2) is 6.29 Å². The summed E-state index contributed by atoms with van der Waals surface area (Å²) < 4.78 is 31.4. The Morgan fingerprint density at radius 3 is 1.38 bits per heavy atom. The molecular weight excluding hydrogens is 504 g/mol. The molecule has 0 aliphatic carbocycles. The smallest absolute Gasteiger partial charge is 0.187 e. The summed E-state index contributed by atoms with van der Waals surface area (Å²) >= 11 is 0. The highest BCUT2D eigenvalue weighted by molar-refractivity contribution is 5.16. The van der Waals surface area contributed by atoms with Crippen LogP contribution in [-0.2, 0) is 50.1 Å². The van der Waals surface area contributed by atoms with Crippen LogP contribution >= 0.6 is 0 Å². The quantitative estimate of drug-likeness (QED) is 0.236. The molecule has 0 saturated carbocycles. The zero-order chi connectivity index (χ0) is 27.4. The van der Waals surface area contributed by atoms with Crippen molar-refractivity contribution in [2.75, 3.05) is 6.61 Å². The van der Waals surface area contributed by atoms with Gasteiger partial charge >= 0.3 is 0 Å². The molecule has 208 valence electrons. The van der Waals surface area contributed by atoms with E-state index in [0.29, 0.717) is 26.4 Å². The first-order valence-electron chi connectivity index (χ1n) is 13.7. The Kier molecular flexibility index (Phi) is 10.5. The number of rotatable bonds is 13. The minimum absolute atomic E-state index is 0.178. The summed E-state index contributed by atoms with van der Waals surface area (Å²) in [7, 11) is 0. The molecule has 5 rings (SSSR count). The lowest BCUT2D eigenvalue weighted by atomic mass is 9.98. The molecule has 1 N–H and O–H groups in total. The van der Waals surface area contributed by atoms with Gasteiger partial charge < -0.3 is 28.8 Å². The molecule has 0 aromatic heterocycles. The average Bonchev–Trinajstić information content (AvgIpc) is 3.01. The van der Waals surface area contributed by atoms with E-state index in [2.05, 4.69) is 0 Å². The zero-order valence-electron chi connectivity index (χ0n) is 22.5. The Labute approximate surface area is 236 Å². The van der Waals surface area contributed by atoms with E-state index < -0.39 is 30.7 Å². The predicted octanol–water partition coefficient (Wildman–Crippen LogP) is 5.68. The van der Waals surface area contributed by atoms with Crippen LogP contribution in [0.4, 0.5) is 0 Å². The number of hydrogen-bond donors (Lipinski definition) is 1. The Balaban J connectivity index is 1.34. The maximum absolute atomic E-state index is 11.5. The highest BCUT2D eigenvalue weighted by Crippen LogP contribution is 2.29. The van der Waals surface area contributed by atoms with Gasteiger partial charge in [0.2, 0.25) is 0 Å². The molecule has 0 unspecified atom stereocenters. The Bertz CT molecular complexity index is 1240. The molecule has 4 aromatic carbocycles. The van der Waals surface area contributed by atoms with Crippen molar-refractivity contribution >= 4 is 0 Å². The van der Waals surface area contributed by atoms with Crippen LogP contribution in [0.2, 0.25) is 0 Å². The van der Waals surface area contributed by atoms with Gasteiger partial charge in [-0.05, 0) is 22.3 Å². The third-order valence-electron chi connectivity index (χ3n) is 6.84. The number of benzene rings is 4. The van der Waals surface area contributed by atoms with Crippen molar-refractivity contribution < 1.29 is 28.8 Å². The minimum Gasteiger partial charge on any atom is -0.387 e. The van der Waals surface area contributed by atoms with Crippen molar-refractivity contribution in [3.8, 4) is 0 Å². The molecule has 1 fully saturated rings. The molecule has 1 aliphatic rings. The molecule has 4 aromatic rings. The van der Waals surface area contributed by atoms with Gasteiger partial charge in [0, 0.05) is 0 Å². The van der Waals surface area contributed by atoms with Gasteiger partial charge in [0.05, 0.1) is 33.0 Å². The van der Waals surface area contributed by atoms with Crippen LogP contribution in [0.3, 0.4) is 0 Å². The van der Waals surface area contributed by atoms with Crippen LogP contribution in [0, 0.1) is 0 Å². The molecule has 6 heteroatoms. The van der Waals surface area contributed by atoms with Crippen molar-refractivity contribution in [3.05, 3.63) is 144 Å². The number of aliphatic hydroxyl groups is 1. The van der Waals surface area contributed by atoms with Gasteiger partial charge in [0.1, 0.15) is 24.4 Å². The molecule has 0 amide bonds. The molecule has 1 aliphatic heterocycles. The fourth-order valence-corrected chi connectivity index (χ4v) is 4.68. The summed E-state index contributed by atoms with van der Waals surface area (Å²) in [6, 6.07) is 39.6. The van der Waals surface area contributed by atoms with E-state index >= 15 is 0 Å². The lowest BCUT2D eigenvalue weighted by molar-refractivity contribution is -0.324. The Morgan fingerprint density at radius 2 is 0.900 bits per heavy atom. The van der Waals surface area contributed by atoms with Gasteiger partial charge in [-0.15, -0.1) is 0 Å². The van der Waals surface area contributed by atoms with E-state index in [1.165, 1.54) is 0 Å². The summed E-state index contributed by atoms with van der Waals surface area (Å²) in [4.78, 5) is 0. The highest BCUT2D eigenvalue weighted by Gasteiger charge is 2.47. The fourth-order valence-electron chi connectivity index (χ4n) is 4.68. The normalized spacial score (nSPS) is 22.7. The van der Waals surface area contributed by atoms with Gasteiger partial charge in [-0.25, -0.2) is 0 Å².